The van der Waals surface area contributed by atoms with Crippen LogP contribution in [0.15, 0.2) is 91.0 Å². The van der Waals surface area contributed by atoms with E-state index in [1.807, 2.05) is 54.6 Å². The van der Waals surface area contributed by atoms with E-state index in [0.29, 0.717) is 106 Å². The van der Waals surface area contributed by atoms with Crippen LogP contribution in [0.4, 0.5) is 0 Å². The molecule has 0 spiro atoms. The molecule has 0 aromatic heterocycles. The second kappa shape index (κ2) is 26.1. The molecule has 276 valence electrons. The van der Waals surface area contributed by atoms with E-state index in [2.05, 4.69) is 36.4 Å². The number of hydrogen-bond acceptors (Lipinski definition) is 10. The van der Waals surface area contributed by atoms with Gasteiger partial charge in [-0.15, -0.1) is 0 Å². The lowest BCUT2D eigenvalue weighted by atomic mass is 9.80. The molecule has 10 heteroatoms. The number of ether oxygens (including phenoxy) is 10. The first-order valence-corrected chi connectivity index (χ1v) is 18.0. The van der Waals surface area contributed by atoms with E-state index in [9.17, 15) is 0 Å². The van der Waals surface area contributed by atoms with Gasteiger partial charge in [-0.3, -0.25) is 0 Å². The van der Waals surface area contributed by atoms with Gasteiger partial charge in [0.15, 0.2) is 6.29 Å². The summed E-state index contributed by atoms with van der Waals surface area (Å²) in [4.78, 5) is 0. The average Bonchev–Trinajstić information content (AvgIpc) is 3.18. The van der Waals surface area contributed by atoms with Crippen molar-refractivity contribution in [3.8, 4) is 0 Å². The molecule has 1 fully saturated rings. The maximum Gasteiger partial charge on any atom is 0.157 e. The van der Waals surface area contributed by atoms with Gasteiger partial charge in [0, 0.05) is 6.61 Å². The molecule has 1 heterocycles. The van der Waals surface area contributed by atoms with Crippen molar-refractivity contribution < 1.29 is 47.4 Å². The minimum Gasteiger partial charge on any atom is -0.377 e. The van der Waals surface area contributed by atoms with Crippen LogP contribution < -0.4 is 0 Å². The number of benzene rings is 3. The standard InChI is InChI=1S/C40H56O10/c1-4-12-36(13-5-1)40(37-14-6-2-7-15-37,38-16-8-3-9-17-38)50-35-33-47-31-29-45-27-25-43-23-21-41-20-22-42-24-26-44-28-30-46-32-34-49-39-18-10-11-19-48-39/h1-9,12-17,39H,10-11,18-35H2. The molecule has 1 atom stereocenters. The van der Waals surface area contributed by atoms with Crippen molar-refractivity contribution in [1.29, 1.82) is 0 Å². The quantitative estimate of drug-likeness (QED) is 0.0670. The van der Waals surface area contributed by atoms with Gasteiger partial charge in [0.05, 0.1) is 106 Å². The monoisotopic (exact) mass is 696 g/mol. The molecule has 1 saturated heterocycles. The summed E-state index contributed by atoms with van der Waals surface area (Å²) in [6.45, 7) is 8.85. The molecule has 0 bridgehead atoms. The van der Waals surface area contributed by atoms with Gasteiger partial charge in [-0.1, -0.05) is 91.0 Å². The molecule has 0 amide bonds. The fourth-order valence-electron chi connectivity index (χ4n) is 5.52. The van der Waals surface area contributed by atoms with Gasteiger partial charge < -0.3 is 47.4 Å². The van der Waals surface area contributed by atoms with Crippen LogP contribution in [0.3, 0.4) is 0 Å². The summed E-state index contributed by atoms with van der Waals surface area (Å²) in [5.41, 5.74) is 2.47. The van der Waals surface area contributed by atoms with Crippen molar-refractivity contribution in [2.24, 2.45) is 0 Å². The van der Waals surface area contributed by atoms with Crippen LogP contribution in [0, 0.1) is 0 Å². The zero-order valence-corrected chi connectivity index (χ0v) is 29.5. The van der Waals surface area contributed by atoms with Crippen molar-refractivity contribution in [3.63, 3.8) is 0 Å². The van der Waals surface area contributed by atoms with Crippen molar-refractivity contribution >= 4 is 0 Å². The van der Waals surface area contributed by atoms with Crippen LogP contribution in [0.5, 0.6) is 0 Å². The van der Waals surface area contributed by atoms with Gasteiger partial charge in [0.1, 0.15) is 5.60 Å². The third-order valence-electron chi connectivity index (χ3n) is 7.99. The first-order chi connectivity index (χ1) is 24.9. The Hall–Kier alpha value is -2.74. The van der Waals surface area contributed by atoms with Gasteiger partial charge in [-0.25, -0.2) is 0 Å². The molecule has 0 saturated carbocycles. The molecule has 0 N–H and O–H groups in total. The minimum atomic E-state index is -0.746. The second-order valence-corrected chi connectivity index (χ2v) is 11.6. The van der Waals surface area contributed by atoms with E-state index in [1.54, 1.807) is 0 Å². The van der Waals surface area contributed by atoms with Crippen LogP contribution in [0.25, 0.3) is 0 Å². The van der Waals surface area contributed by atoms with E-state index in [0.717, 1.165) is 42.6 Å². The van der Waals surface area contributed by atoms with Gasteiger partial charge in [-0.05, 0) is 36.0 Å². The van der Waals surface area contributed by atoms with E-state index in [4.69, 9.17) is 47.4 Å². The van der Waals surface area contributed by atoms with E-state index in [1.165, 1.54) is 0 Å². The maximum absolute atomic E-state index is 6.73. The summed E-state index contributed by atoms with van der Waals surface area (Å²) >= 11 is 0. The number of hydrogen-bond donors (Lipinski definition) is 0. The maximum atomic E-state index is 6.73. The highest BCUT2D eigenvalue weighted by atomic mass is 16.7. The minimum absolute atomic E-state index is 0.0677. The lowest BCUT2D eigenvalue weighted by Gasteiger charge is -2.36. The summed E-state index contributed by atoms with van der Waals surface area (Å²) in [7, 11) is 0. The van der Waals surface area contributed by atoms with Crippen molar-refractivity contribution in [1.82, 2.24) is 0 Å². The summed E-state index contributed by atoms with van der Waals surface area (Å²) in [6.07, 6.45) is 3.19. The molecule has 4 rings (SSSR count). The van der Waals surface area contributed by atoms with Crippen LogP contribution in [-0.2, 0) is 53.0 Å². The molecule has 1 unspecified atom stereocenters. The largest absolute Gasteiger partial charge is 0.377 e. The predicted molar refractivity (Wildman–Crippen MR) is 190 cm³/mol. The highest BCUT2D eigenvalue weighted by molar-refractivity contribution is 5.47. The van der Waals surface area contributed by atoms with Crippen LogP contribution >= 0.6 is 0 Å². The highest BCUT2D eigenvalue weighted by Gasteiger charge is 2.37. The lowest BCUT2D eigenvalue weighted by molar-refractivity contribution is -0.169. The molecule has 1 aliphatic heterocycles. The first kappa shape index (κ1) is 40.0. The average molecular weight is 697 g/mol. The van der Waals surface area contributed by atoms with Gasteiger partial charge in [0.2, 0.25) is 0 Å². The highest BCUT2D eigenvalue weighted by Crippen LogP contribution is 2.40. The third kappa shape index (κ3) is 15.2. The zero-order chi connectivity index (χ0) is 34.6. The third-order valence-corrected chi connectivity index (χ3v) is 7.99. The Morgan fingerprint density at radius 3 is 1.10 bits per heavy atom. The number of rotatable bonds is 29. The van der Waals surface area contributed by atoms with E-state index >= 15 is 0 Å². The Morgan fingerprint density at radius 2 is 0.760 bits per heavy atom. The molecule has 10 nitrogen and oxygen atoms in total. The molecule has 1 aliphatic rings. The topological polar surface area (TPSA) is 92.3 Å². The first-order valence-electron chi connectivity index (χ1n) is 18.0. The van der Waals surface area contributed by atoms with Crippen LogP contribution in [-0.4, -0.2) is 119 Å². The van der Waals surface area contributed by atoms with Crippen LogP contribution in [0.1, 0.15) is 36.0 Å². The SMILES string of the molecule is c1ccc(C(OCCOCCOCCOCCOCCOCCOCCOCCOC2CCCCO2)(c2ccccc2)c2ccccc2)cc1. The van der Waals surface area contributed by atoms with Crippen molar-refractivity contribution in [2.75, 3.05) is 112 Å². The van der Waals surface area contributed by atoms with Crippen molar-refractivity contribution in [3.05, 3.63) is 108 Å². The lowest BCUT2D eigenvalue weighted by Crippen LogP contribution is -2.34. The summed E-state index contributed by atoms with van der Waals surface area (Å²) in [5.74, 6) is 0. The fraction of sp³-hybridized carbons (Fsp3) is 0.550. The smallest absolute Gasteiger partial charge is 0.157 e. The second-order valence-electron chi connectivity index (χ2n) is 11.6. The van der Waals surface area contributed by atoms with Gasteiger partial charge in [-0.2, -0.15) is 0 Å². The Bertz CT molecular complexity index is 1100. The molecule has 0 aliphatic carbocycles. The molecule has 0 radical (unpaired) electrons. The summed E-state index contributed by atoms with van der Waals surface area (Å²) in [5, 5.41) is 0. The van der Waals surface area contributed by atoms with Gasteiger partial charge >= 0.3 is 0 Å². The summed E-state index contributed by atoms with van der Waals surface area (Å²) < 4.78 is 57.1. The Kier molecular flexibility index (Phi) is 20.9. The Balaban J connectivity index is 0.929. The zero-order valence-electron chi connectivity index (χ0n) is 29.5. The fourth-order valence-corrected chi connectivity index (χ4v) is 5.52. The Morgan fingerprint density at radius 1 is 0.420 bits per heavy atom. The van der Waals surface area contributed by atoms with Crippen molar-refractivity contribution in [2.45, 2.75) is 31.2 Å². The van der Waals surface area contributed by atoms with E-state index in [-0.39, 0.29) is 6.29 Å². The molecule has 50 heavy (non-hydrogen) atoms. The Labute approximate surface area is 298 Å². The molecular weight excluding hydrogens is 640 g/mol. The predicted octanol–water partition coefficient (Wildman–Crippen LogP) is 5.65. The summed E-state index contributed by atoms with van der Waals surface area (Å²) in [6, 6.07) is 31.0. The molecular formula is C40H56O10. The van der Waals surface area contributed by atoms with Crippen LogP contribution in [0.2, 0.25) is 0 Å². The molecule has 3 aromatic carbocycles. The molecule has 3 aromatic rings. The van der Waals surface area contributed by atoms with E-state index < -0.39 is 5.60 Å². The normalized spacial score (nSPS) is 15.0. The van der Waals surface area contributed by atoms with Gasteiger partial charge in [0.25, 0.3) is 0 Å².